The molecule has 0 fully saturated rings. The highest BCUT2D eigenvalue weighted by molar-refractivity contribution is 7.22. The summed E-state index contributed by atoms with van der Waals surface area (Å²) >= 11 is 8.11. The largest absolute Gasteiger partial charge is 0.491 e. The molecule has 4 rings (SSSR count). The van der Waals surface area contributed by atoms with Crippen LogP contribution >= 0.6 is 35.3 Å². The van der Waals surface area contributed by atoms with Gasteiger partial charge in [0, 0.05) is 37.0 Å². The number of anilines is 2. The lowest BCUT2D eigenvalue weighted by atomic mass is 10.0. The predicted octanol–water partition coefficient (Wildman–Crippen LogP) is 7.08. The summed E-state index contributed by atoms with van der Waals surface area (Å²) in [6.45, 7) is 5.80. The molecule has 0 aliphatic rings. The maximum atomic E-state index is 12.9. The first-order chi connectivity index (χ1) is 17.2. The molecule has 0 radical (unpaired) electrons. The number of nitrogens with one attached hydrogen (secondary N) is 1. The summed E-state index contributed by atoms with van der Waals surface area (Å²) in [5.41, 5.74) is 4.07. The van der Waals surface area contributed by atoms with Gasteiger partial charge >= 0.3 is 0 Å². The maximum Gasteiger partial charge on any atom is 0.255 e. The highest BCUT2D eigenvalue weighted by Gasteiger charge is 2.12. The number of fused-ring (bicyclic) bond motifs is 1. The number of benzene rings is 3. The Hall–Kier alpha value is -2.84. The zero-order valence-electron chi connectivity index (χ0n) is 21.6. The van der Waals surface area contributed by atoms with Crippen molar-refractivity contribution in [3.8, 4) is 16.9 Å². The summed E-state index contributed by atoms with van der Waals surface area (Å²) in [5.74, 6) is 0.570. The van der Waals surface area contributed by atoms with Crippen LogP contribution < -0.4 is 15.0 Å². The van der Waals surface area contributed by atoms with Crippen molar-refractivity contribution in [2.45, 2.75) is 20.0 Å². The van der Waals surface area contributed by atoms with Crippen molar-refractivity contribution in [1.29, 1.82) is 0 Å². The van der Waals surface area contributed by atoms with Crippen molar-refractivity contribution in [2.75, 3.05) is 44.4 Å². The average molecular weight is 560 g/mol. The van der Waals surface area contributed by atoms with Gasteiger partial charge in [0.05, 0.1) is 21.3 Å². The number of rotatable bonds is 9. The number of thiazole rings is 1. The normalized spacial score (nSPS) is 11.0. The molecular formula is C28H32Cl2N4O2S. The number of carbonyl (C=O) groups is 1. The van der Waals surface area contributed by atoms with Crippen LogP contribution in [0.2, 0.25) is 5.02 Å². The van der Waals surface area contributed by atoms with Crippen LogP contribution in [0.3, 0.4) is 0 Å². The maximum absolute atomic E-state index is 12.9. The van der Waals surface area contributed by atoms with Gasteiger partial charge in [-0.05, 0) is 82.0 Å². The number of hydrogen-bond acceptors (Lipinski definition) is 6. The lowest BCUT2D eigenvalue weighted by Gasteiger charge is -2.18. The molecule has 0 saturated carbocycles. The van der Waals surface area contributed by atoms with Gasteiger partial charge in [-0.25, -0.2) is 4.98 Å². The molecule has 0 aliphatic carbocycles. The van der Waals surface area contributed by atoms with Crippen molar-refractivity contribution < 1.29 is 9.53 Å². The first kappa shape index (κ1) is 28.7. The molecule has 4 aromatic rings. The van der Waals surface area contributed by atoms with Gasteiger partial charge < -0.3 is 19.9 Å². The molecule has 196 valence electrons. The van der Waals surface area contributed by atoms with Gasteiger partial charge in [0.1, 0.15) is 5.75 Å². The first-order valence-corrected chi connectivity index (χ1v) is 13.0. The Bertz CT molecular complexity index is 1360. The summed E-state index contributed by atoms with van der Waals surface area (Å²) in [4.78, 5) is 21.9. The van der Waals surface area contributed by atoms with Gasteiger partial charge in [0.2, 0.25) is 0 Å². The van der Waals surface area contributed by atoms with Gasteiger partial charge in [-0.1, -0.05) is 35.1 Å². The van der Waals surface area contributed by atoms with E-state index in [4.69, 9.17) is 21.3 Å². The number of amides is 1. The summed E-state index contributed by atoms with van der Waals surface area (Å²) < 4.78 is 6.74. The summed E-state index contributed by atoms with van der Waals surface area (Å²) in [7, 11) is 6.17. The number of hydrogen-bond donors (Lipinski definition) is 1. The SMILES string of the molecule is CC(C)Oc1ccc(-c2ccc(C(=O)Nc3ccc4nc(N(C)CCN(C)C)sc4c3)cc2)c(Cl)c1.Cl. The Morgan fingerprint density at radius 2 is 1.76 bits per heavy atom. The molecule has 1 amide bonds. The van der Waals surface area contributed by atoms with E-state index in [9.17, 15) is 4.79 Å². The molecule has 37 heavy (non-hydrogen) atoms. The number of carbonyl (C=O) groups excluding carboxylic acids is 1. The molecule has 0 saturated heterocycles. The molecular weight excluding hydrogens is 527 g/mol. The minimum atomic E-state index is -0.166. The van der Waals surface area contributed by atoms with Gasteiger partial charge in [0.25, 0.3) is 5.91 Å². The third-order valence-corrected chi connectivity index (χ3v) is 7.06. The lowest BCUT2D eigenvalue weighted by molar-refractivity contribution is 0.102. The number of ether oxygens (including phenoxy) is 1. The zero-order chi connectivity index (χ0) is 25.8. The predicted molar refractivity (Wildman–Crippen MR) is 159 cm³/mol. The molecule has 1 N–H and O–H groups in total. The van der Waals surface area contributed by atoms with Crippen LogP contribution in [0.15, 0.2) is 60.7 Å². The van der Waals surface area contributed by atoms with Crippen LogP contribution in [0.5, 0.6) is 5.75 Å². The fraction of sp³-hybridized carbons (Fsp3) is 0.286. The molecule has 1 aromatic heterocycles. The van der Waals surface area contributed by atoms with Gasteiger partial charge in [-0.15, -0.1) is 12.4 Å². The average Bonchev–Trinajstić information content (AvgIpc) is 3.26. The van der Waals surface area contributed by atoms with E-state index in [1.165, 1.54) is 0 Å². The van der Waals surface area contributed by atoms with Crippen molar-refractivity contribution in [1.82, 2.24) is 9.88 Å². The smallest absolute Gasteiger partial charge is 0.255 e. The minimum absolute atomic E-state index is 0. The molecule has 0 aliphatic heterocycles. The Morgan fingerprint density at radius 1 is 1.03 bits per heavy atom. The Labute approximate surface area is 233 Å². The number of halogens is 2. The topological polar surface area (TPSA) is 57.7 Å². The van der Waals surface area contributed by atoms with E-state index in [-0.39, 0.29) is 24.4 Å². The Balaban J connectivity index is 0.00000380. The van der Waals surface area contributed by atoms with Crippen LogP contribution in [0.4, 0.5) is 10.8 Å². The second-order valence-electron chi connectivity index (χ2n) is 9.24. The fourth-order valence-electron chi connectivity index (χ4n) is 3.68. The summed E-state index contributed by atoms with van der Waals surface area (Å²) in [6, 6.07) is 18.9. The van der Waals surface area contributed by atoms with E-state index >= 15 is 0 Å². The third-order valence-electron chi connectivity index (χ3n) is 5.61. The van der Waals surface area contributed by atoms with E-state index in [2.05, 4.69) is 36.3 Å². The summed E-state index contributed by atoms with van der Waals surface area (Å²) in [5, 5.41) is 4.57. The lowest BCUT2D eigenvalue weighted by Crippen LogP contribution is -2.28. The molecule has 0 atom stereocenters. The van der Waals surface area contributed by atoms with E-state index in [1.54, 1.807) is 11.3 Å². The van der Waals surface area contributed by atoms with Crippen molar-refractivity contribution in [3.63, 3.8) is 0 Å². The van der Waals surface area contributed by atoms with Gasteiger partial charge in [0.15, 0.2) is 5.13 Å². The quantitative estimate of drug-likeness (QED) is 0.238. The van der Waals surface area contributed by atoms with E-state index < -0.39 is 0 Å². The zero-order valence-corrected chi connectivity index (χ0v) is 24.0. The summed E-state index contributed by atoms with van der Waals surface area (Å²) in [6.07, 6.45) is 0.0815. The molecule has 3 aromatic carbocycles. The van der Waals surface area contributed by atoms with E-state index in [0.717, 1.165) is 51.0 Å². The standard InChI is InChI=1S/C28H31ClN4O2S.ClH/c1-18(2)35-22-11-12-23(24(29)17-22)19-6-8-20(9-7-19)27(34)30-21-10-13-25-26(16-21)36-28(31-25)33(5)15-14-32(3)4;/h6-13,16-18H,14-15H2,1-5H3,(H,30,34);1H. The molecule has 1 heterocycles. The Kier molecular flexibility index (Phi) is 9.79. The van der Waals surface area contributed by atoms with E-state index in [1.807, 2.05) is 74.5 Å². The van der Waals surface area contributed by atoms with Crippen LogP contribution in [0, 0.1) is 0 Å². The Morgan fingerprint density at radius 3 is 2.41 bits per heavy atom. The number of aromatic nitrogens is 1. The second-order valence-corrected chi connectivity index (χ2v) is 10.7. The molecule has 0 spiro atoms. The number of nitrogens with zero attached hydrogens (tertiary/aromatic N) is 3. The molecule has 0 bridgehead atoms. The second kappa shape index (κ2) is 12.6. The van der Waals surface area contributed by atoms with Crippen LogP contribution in [0.1, 0.15) is 24.2 Å². The highest BCUT2D eigenvalue weighted by atomic mass is 35.5. The molecule has 9 heteroatoms. The minimum Gasteiger partial charge on any atom is -0.491 e. The van der Waals surface area contributed by atoms with Gasteiger partial charge in [-0.2, -0.15) is 0 Å². The first-order valence-electron chi connectivity index (χ1n) is 11.8. The van der Waals surface area contributed by atoms with Crippen LogP contribution in [-0.4, -0.2) is 56.1 Å². The fourth-order valence-corrected chi connectivity index (χ4v) is 4.95. The highest BCUT2D eigenvalue weighted by Crippen LogP contribution is 2.32. The van der Waals surface area contributed by atoms with E-state index in [0.29, 0.717) is 10.6 Å². The van der Waals surface area contributed by atoms with Crippen molar-refractivity contribution >= 4 is 62.3 Å². The molecule has 0 unspecified atom stereocenters. The van der Waals surface area contributed by atoms with Crippen molar-refractivity contribution in [3.05, 3.63) is 71.2 Å². The third kappa shape index (κ3) is 7.36. The van der Waals surface area contributed by atoms with Gasteiger partial charge in [-0.3, -0.25) is 4.79 Å². The van der Waals surface area contributed by atoms with Crippen molar-refractivity contribution in [2.24, 2.45) is 0 Å². The van der Waals surface area contributed by atoms with Crippen LogP contribution in [0.25, 0.3) is 21.3 Å². The number of likely N-dealkylation sites (N-methyl/N-ethyl adjacent to an activating group) is 2. The van der Waals surface area contributed by atoms with Crippen LogP contribution in [-0.2, 0) is 0 Å². The monoisotopic (exact) mass is 558 g/mol. The molecule has 6 nitrogen and oxygen atoms in total.